The van der Waals surface area contributed by atoms with Crippen molar-refractivity contribution in [1.82, 2.24) is 4.57 Å². The first-order valence-electron chi connectivity index (χ1n) is 4.49. The van der Waals surface area contributed by atoms with Gasteiger partial charge in [-0.2, -0.15) is 0 Å². The van der Waals surface area contributed by atoms with Crippen molar-refractivity contribution in [2.45, 2.75) is 6.92 Å². The lowest BCUT2D eigenvalue weighted by Gasteiger charge is -2.06. The van der Waals surface area contributed by atoms with Gasteiger partial charge in [-0.05, 0) is 36.3 Å². The Bertz CT molecular complexity index is 526. The Morgan fingerprint density at radius 3 is 2.93 bits per heavy atom. The molecule has 2 rings (SSSR count). The fraction of sp³-hybridized carbons (Fsp3) is 0.167. The summed E-state index contributed by atoms with van der Waals surface area (Å²) in [6.07, 6.45) is 9.17. The Balaban J connectivity index is 2.89. The predicted molar refractivity (Wildman–Crippen MR) is 58.0 cm³/mol. The van der Waals surface area contributed by atoms with E-state index in [4.69, 9.17) is 0 Å². The van der Waals surface area contributed by atoms with Crippen LogP contribution in [-0.2, 0) is 7.05 Å². The molecule has 0 aliphatic heterocycles. The topological polar surface area (TPSA) is 22.0 Å². The zero-order valence-corrected chi connectivity index (χ0v) is 8.24. The molecule has 1 aromatic heterocycles. The summed E-state index contributed by atoms with van der Waals surface area (Å²) in [5.41, 5.74) is 5.85. The normalized spacial score (nSPS) is 12.7. The molecule has 0 unspecified atom stereocenters. The van der Waals surface area contributed by atoms with Gasteiger partial charge in [0.05, 0.1) is 0 Å². The predicted octanol–water partition coefficient (Wildman–Crippen LogP) is 1.89. The Morgan fingerprint density at radius 2 is 2.14 bits per heavy atom. The summed E-state index contributed by atoms with van der Waals surface area (Å²) in [6.45, 7) is 2.00. The third kappa shape index (κ3) is 1.26. The maximum Gasteiger partial charge on any atom is 0.258 e. The van der Waals surface area contributed by atoms with Crippen LogP contribution in [0.5, 0.6) is 0 Å². The SMILES string of the molecule is Cc1cn(C)c(=O)c2c1C=C=CC=C2. The van der Waals surface area contributed by atoms with Crippen LogP contribution < -0.4 is 5.56 Å². The monoisotopic (exact) mass is 185 g/mol. The molecule has 1 aliphatic rings. The maximum absolute atomic E-state index is 11.8. The van der Waals surface area contributed by atoms with Crippen molar-refractivity contribution in [2.75, 3.05) is 0 Å². The zero-order chi connectivity index (χ0) is 10.1. The van der Waals surface area contributed by atoms with Crippen molar-refractivity contribution < 1.29 is 0 Å². The lowest BCUT2D eigenvalue weighted by atomic mass is 10.1. The van der Waals surface area contributed by atoms with Gasteiger partial charge < -0.3 is 4.57 Å². The molecule has 0 saturated heterocycles. The molecule has 0 saturated carbocycles. The Kier molecular flexibility index (Phi) is 1.99. The molecule has 0 spiro atoms. The molecular weight excluding hydrogens is 174 g/mol. The lowest BCUT2D eigenvalue weighted by molar-refractivity contribution is 0.847. The first kappa shape index (κ1) is 8.79. The van der Waals surface area contributed by atoms with Gasteiger partial charge in [0.1, 0.15) is 0 Å². The van der Waals surface area contributed by atoms with E-state index in [1.54, 1.807) is 17.7 Å². The van der Waals surface area contributed by atoms with E-state index in [9.17, 15) is 4.79 Å². The first-order chi connectivity index (χ1) is 6.70. The number of hydrogen-bond donors (Lipinski definition) is 0. The Morgan fingerprint density at radius 1 is 1.36 bits per heavy atom. The summed E-state index contributed by atoms with van der Waals surface area (Å²) in [6, 6.07) is 0. The highest BCUT2D eigenvalue weighted by Gasteiger charge is 2.07. The number of aryl methyl sites for hydroxylation is 2. The number of nitrogens with zero attached hydrogens (tertiary/aromatic N) is 1. The molecule has 14 heavy (non-hydrogen) atoms. The summed E-state index contributed by atoms with van der Waals surface area (Å²) in [5.74, 6) is 0. The van der Waals surface area contributed by atoms with Crippen molar-refractivity contribution in [3.8, 4) is 0 Å². The molecule has 0 radical (unpaired) electrons. The fourth-order valence-electron chi connectivity index (χ4n) is 1.62. The molecule has 1 aromatic rings. The molecule has 1 aliphatic carbocycles. The highest BCUT2D eigenvalue weighted by atomic mass is 16.1. The van der Waals surface area contributed by atoms with E-state index in [1.807, 2.05) is 31.3 Å². The number of fused-ring (bicyclic) bond motifs is 1. The second-order valence-corrected chi connectivity index (χ2v) is 3.39. The van der Waals surface area contributed by atoms with Crippen molar-refractivity contribution in [2.24, 2.45) is 7.05 Å². The molecule has 1 heterocycles. The summed E-state index contributed by atoms with van der Waals surface area (Å²) >= 11 is 0. The molecule has 0 bridgehead atoms. The third-order valence-electron chi connectivity index (χ3n) is 2.34. The average Bonchev–Trinajstić information content (AvgIpc) is 2.39. The van der Waals surface area contributed by atoms with E-state index in [0.29, 0.717) is 0 Å². The number of aromatic nitrogens is 1. The molecular formula is C12H11NO. The van der Waals surface area contributed by atoms with Gasteiger partial charge in [-0.3, -0.25) is 4.79 Å². The molecule has 0 fully saturated rings. The summed E-state index contributed by atoms with van der Waals surface area (Å²) in [4.78, 5) is 11.8. The third-order valence-corrected chi connectivity index (χ3v) is 2.34. The molecule has 2 nitrogen and oxygen atoms in total. The fourth-order valence-corrected chi connectivity index (χ4v) is 1.62. The molecule has 0 atom stereocenters. The largest absolute Gasteiger partial charge is 0.318 e. The van der Waals surface area contributed by atoms with Crippen LogP contribution in [0.3, 0.4) is 0 Å². The van der Waals surface area contributed by atoms with E-state index in [-0.39, 0.29) is 5.56 Å². The highest BCUT2D eigenvalue weighted by Crippen LogP contribution is 2.15. The van der Waals surface area contributed by atoms with E-state index in [1.165, 1.54) is 0 Å². The van der Waals surface area contributed by atoms with Crippen LogP contribution in [0.2, 0.25) is 0 Å². The summed E-state index contributed by atoms with van der Waals surface area (Å²) in [7, 11) is 1.77. The summed E-state index contributed by atoms with van der Waals surface area (Å²) in [5, 5.41) is 0. The number of hydrogen-bond acceptors (Lipinski definition) is 1. The first-order valence-corrected chi connectivity index (χ1v) is 4.49. The standard InChI is InChI=1S/C12H11NO/c1-9-8-13(2)12(14)11-7-5-3-4-6-10(9)11/h3,5-8H,1-2H3. The minimum atomic E-state index is 0.0372. The average molecular weight is 185 g/mol. The van der Waals surface area contributed by atoms with Gasteiger partial charge in [-0.15, -0.1) is 5.73 Å². The van der Waals surface area contributed by atoms with E-state index in [2.05, 4.69) is 5.73 Å². The van der Waals surface area contributed by atoms with Gasteiger partial charge >= 0.3 is 0 Å². The molecule has 70 valence electrons. The van der Waals surface area contributed by atoms with Crippen LogP contribution in [-0.4, -0.2) is 4.57 Å². The van der Waals surface area contributed by atoms with Crippen LogP contribution in [0, 0.1) is 6.92 Å². The van der Waals surface area contributed by atoms with E-state index >= 15 is 0 Å². The quantitative estimate of drug-likeness (QED) is 0.566. The van der Waals surface area contributed by atoms with Crippen molar-refractivity contribution in [1.29, 1.82) is 0 Å². The van der Waals surface area contributed by atoms with Gasteiger partial charge in [-0.25, -0.2) is 0 Å². The molecule has 0 amide bonds. The van der Waals surface area contributed by atoms with Gasteiger partial charge in [-0.1, -0.05) is 6.08 Å². The minimum Gasteiger partial charge on any atom is -0.318 e. The van der Waals surface area contributed by atoms with Gasteiger partial charge in [0.15, 0.2) is 0 Å². The Labute approximate surface area is 82.5 Å². The smallest absolute Gasteiger partial charge is 0.258 e. The van der Waals surface area contributed by atoms with Crippen molar-refractivity contribution in [3.63, 3.8) is 0 Å². The molecule has 0 N–H and O–H groups in total. The maximum atomic E-state index is 11.8. The number of allylic oxidation sites excluding steroid dienone is 2. The van der Waals surface area contributed by atoms with Crippen LogP contribution in [0.15, 0.2) is 28.9 Å². The van der Waals surface area contributed by atoms with E-state index < -0.39 is 0 Å². The molecule has 0 aromatic carbocycles. The second kappa shape index (κ2) is 3.17. The Hall–Kier alpha value is -1.79. The van der Waals surface area contributed by atoms with Crippen molar-refractivity contribution in [3.05, 3.63) is 51.1 Å². The zero-order valence-electron chi connectivity index (χ0n) is 8.24. The van der Waals surface area contributed by atoms with Gasteiger partial charge in [0.25, 0.3) is 5.56 Å². The van der Waals surface area contributed by atoms with Crippen LogP contribution >= 0.6 is 0 Å². The summed E-state index contributed by atoms with van der Waals surface area (Å²) < 4.78 is 1.61. The molecule has 2 heteroatoms. The number of pyridine rings is 1. The second-order valence-electron chi connectivity index (χ2n) is 3.39. The lowest BCUT2D eigenvalue weighted by Crippen LogP contribution is -2.20. The van der Waals surface area contributed by atoms with Crippen LogP contribution in [0.1, 0.15) is 16.7 Å². The number of rotatable bonds is 0. The minimum absolute atomic E-state index is 0.0372. The van der Waals surface area contributed by atoms with E-state index in [0.717, 1.165) is 16.7 Å². The van der Waals surface area contributed by atoms with Crippen LogP contribution in [0.4, 0.5) is 0 Å². The van der Waals surface area contributed by atoms with Crippen LogP contribution in [0.25, 0.3) is 12.2 Å². The van der Waals surface area contributed by atoms with Gasteiger partial charge in [0, 0.05) is 18.8 Å². The van der Waals surface area contributed by atoms with Crippen molar-refractivity contribution >= 4 is 12.2 Å². The van der Waals surface area contributed by atoms with Gasteiger partial charge in [0.2, 0.25) is 0 Å². The highest BCUT2D eigenvalue weighted by molar-refractivity contribution is 5.69.